The van der Waals surface area contributed by atoms with Gasteiger partial charge in [0.05, 0.1) is 7.18 Å². The Balaban J connectivity index is -0.0000000430. The monoisotopic (exact) mass is 1050 g/mol. The van der Waals surface area contributed by atoms with Gasteiger partial charge in [0, 0.05) is 6.38 Å². The fourth-order valence-electron chi connectivity index (χ4n) is 2.20. The van der Waals surface area contributed by atoms with Crippen molar-refractivity contribution in [2.24, 2.45) is 23.2 Å². The number of halogens is 4. The molecule has 3 aromatic rings. The highest BCUT2D eigenvalue weighted by Crippen LogP contribution is 2.14. The molecule has 0 heterocycles. The molecule has 0 aliphatic heterocycles. The Morgan fingerprint density at radius 2 is 0.783 bits per heavy atom. The van der Waals surface area contributed by atoms with Crippen molar-refractivity contribution in [2.45, 2.75) is 218 Å². The Hall–Kier alpha value is -0.650. The van der Waals surface area contributed by atoms with Crippen molar-refractivity contribution in [2.75, 3.05) is 24.3 Å². The molecule has 0 aromatic heterocycles. The minimum atomic E-state index is 0. The van der Waals surface area contributed by atoms with Gasteiger partial charge in [-0.15, -0.1) is 11.6 Å². The number of benzene rings is 3. The van der Waals surface area contributed by atoms with Crippen molar-refractivity contribution >= 4 is 60.9 Å². The van der Waals surface area contributed by atoms with Crippen LogP contribution in [0.5, 0.6) is 0 Å². The van der Waals surface area contributed by atoms with Crippen LogP contribution in [0.4, 0.5) is 4.39 Å². The normalized spacial score (nSPS) is 8.10. The number of rotatable bonds is 5. The number of hydrogen-bond donors (Lipinski definition) is 0. The van der Waals surface area contributed by atoms with Crippen molar-refractivity contribution in [3.05, 3.63) is 83.9 Å². The second kappa shape index (κ2) is 89.3. The maximum absolute atomic E-state index is 9.50. The second-order valence-electron chi connectivity index (χ2n) is 15.9. The quantitative estimate of drug-likeness (QED) is 0.176. The number of hydrogen-bond acceptors (Lipinski definition) is 0. The molecule has 0 spiro atoms. The van der Waals surface area contributed by atoms with Crippen LogP contribution in [0, 0.1) is 37.0 Å². The molecule has 0 saturated heterocycles. The van der Waals surface area contributed by atoms with Crippen molar-refractivity contribution in [3.8, 4) is 0 Å². The summed E-state index contributed by atoms with van der Waals surface area (Å²) in [6.07, 6.45) is 12.0. The second-order valence-corrected chi connectivity index (χ2v) is 15.9. The molecule has 0 bridgehead atoms. The molecular formula is C56H116BrClFI. The van der Waals surface area contributed by atoms with Gasteiger partial charge in [-0.1, -0.05) is 327 Å². The van der Waals surface area contributed by atoms with E-state index in [1.54, 1.807) is 0 Å². The first-order valence-corrected chi connectivity index (χ1v) is 27.3. The fourth-order valence-corrected chi connectivity index (χ4v) is 2.20. The van der Waals surface area contributed by atoms with Crippen LogP contribution in [0.1, 0.15) is 215 Å². The summed E-state index contributed by atoms with van der Waals surface area (Å²) < 4.78 is 9.50. The highest BCUT2D eigenvalue weighted by atomic mass is 127. The van der Waals surface area contributed by atoms with Gasteiger partial charge in [-0.25, -0.2) is 0 Å². The van der Waals surface area contributed by atoms with E-state index >= 15 is 0 Å². The summed E-state index contributed by atoms with van der Waals surface area (Å²) in [6, 6.07) is 25.2. The summed E-state index contributed by atoms with van der Waals surface area (Å²) in [6.45, 7) is 49.8. The van der Waals surface area contributed by atoms with Crippen LogP contribution < -0.4 is 0 Å². The average Bonchev–Trinajstić information content (AvgIpc) is 3.22. The summed E-state index contributed by atoms with van der Waals surface area (Å²) in [5.74, 6) is 4.41. The standard InChI is InChI=1S/C11H10.C7H8.4C5H12.2C4H10.C3H8.C2H6.CH3Br.CH3Cl.CH3F.CH3I.CH4/c1-9-6-7-10-4-2-3-5-11(10)8-9;1-7-5-3-2-4-6-7;1-5(2,3)4;2*1-4-5(2)3;1-3-5-4-2;1-4(2)3;1-3-4-2;1-3-2;5*1-2;/h2-8H,1H3;2-6H,1H3;1-4H3;2*5H,4H2,1-3H3;3-5H2,1-2H3;4H,1-3H3;3-4H2,1-2H3;3H2,1-2H3;1-2H3;4*1H3;1H4. The SMILES string of the molecule is C.CBr.CC.CC(C)(C)C.CC(C)C.CCC.CCC(C)C.CCC(C)C.CCCC.CCCCC.CCl.CF.CI.Cc1ccc2ccccc2c1.Cc1ccccc1. The lowest BCUT2D eigenvalue weighted by Gasteiger charge is -2.05. The van der Waals surface area contributed by atoms with Crippen LogP contribution in [-0.2, 0) is 0 Å². The molecule has 0 aliphatic rings. The molecule has 0 N–H and O–H groups in total. The molecule has 0 atom stereocenters. The summed E-state index contributed by atoms with van der Waals surface area (Å²) >= 11 is 9.73. The van der Waals surface area contributed by atoms with Crippen LogP contribution >= 0.6 is 50.1 Å². The first kappa shape index (κ1) is 90.1. The molecule has 0 nitrogen and oxygen atoms in total. The first-order valence-electron chi connectivity index (χ1n) is 22.8. The third kappa shape index (κ3) is 154. The van der Waals surface area contributed by atoms with Gasteiger partial charge in [-0.05, 0) is 58.6 Å². The molecule has 3 aromatic carbocycles. The van der Waals surface area contributed by atoms with E-state index in [9.17, 15) is 4.39 Å². The van der Waals surface area contributed by atoms with E-state index < -0.39 is 0 Å². The van der Waals surface area contributed by atoms with E-state index in [1.807, 2.05) is 42.8 Å². The smallest absolute Gasteiger partial charge is 0.0785 e. The predicted octanol–water partition coefficient (Wildman–Crippen LogP) is 23.5. The van der Waals surface area contributed by atoms with Crippen LogP contribution in [0.2, 0.25) is 0 Å². The van der Waals surface area contributed by atoms with Gasteiger partial charge in [-0.3, -0.25) is 4.39 Å². The van der Waals surface area contributed by atoms with Gasteiger partial charge in [0.15, 0.2) is 0 Å². The summed E-state index contributed by atoms with van der Waals surface area (Å²) in [5.41, 5.74) is 3.14. The van der Waals surface area contributed by atoms with Gasteiger partial charge in [0.25, 0.3) is 0 Å². The third-order valence-corrected chi connectivity index (χ3v) is 5.69. The van der Waals surface area contributed by atoms with Gasteiger partial charge in [-0.2, -0.15) is 0 Å². The molecule has 368 valence electrons. The number of alkyl halides is 4. The molecule has 60 heavy (non-hydrogen) atoms. The zero-order valence-electron chi connectivity index (χ0n) is 45.3. The van der Waals surface area contributed by atoms with E-state index in [4.69, 9.17) is 0 Å². The minimum Gasteiger partial charge on any atom is -0.255 e. The summed E-state index contributed by atoms with van der Waals surface area (Å²) in [7, 11) is 0.500. The molecule has 0 unspecified atom stereocenters. The van der Waals surface area contributed by atoms with E-state index in [1.165, 1.54) is 79.6 Å². The highest BCUT2D eigenvalue weighted by molar-refractivity contribution is 14.1. The van der Waals surface area contributed by atoms with Gasteiger partial charge in [0.1, 0.15) is 0 Å². The van der Waals surface area contributed by atoms with Crippen molar-refractivity contribution in [3.63, 3.8) is 0 Å². The molecule has 3 rings (SSSR count). The molecular weight excluding hydrogens is 934 g/mol. The molecule has 4 heteroatoms. The Labute approximate surface area is 411 Å². The first-order chi connectivity index (χ1) is 27.8. The average molecular weight is 1050 g/mol. The lowest BCUT2D eigenvalue weighted by Crippen LogP contribution is -1.93. The van der Waals surface area contributed by atoms with Gasteiger partial charge in [0.2, 0.25) is 0 Å². The molecule has 0 aliphatic carbocycles. The Kier molecular flexibility index (Phi) is 134. The Morgan fingerprint density at radius 3 is 0.967 bits per heavy atom. The number of unbranched alkanes of at least 4 members (excludes halogenated alkanes) is 3. The third-order valence-electron chi connectivity index (χ3n) is 5.69. The zero-order chi connectivity index (χ0) is 49.7. The van der Waals surface area contributed by atoms with Crippen LogP contribution in [-0.4, -0.2) is 24.3 Å². The van der Waals surface area contributed by atoms with Crippen LogP contribution in [0.25, 0.3) is 10.8 Å². The van der Waals surface area contributed by atoms with Crippen molar-refractivity contribution in [1.82, 2.24) is 0 Å². The maximum atomic E-state index is 9.50. The van der Waals surface area contributed by atoms with E-state index in [-0.39, 0.29) is 7.43 Å². The number of aryl methyl sites for hydroxylation is 2. The predicted molar refractivity (Wildman–Crippen MR) is 309 cm³/mol. The van der Waals surface area contributed by atoms with Crippen LogP contribution in [0.3, 0.4) is 0 Å². The molecule has 0 fully saturated rings. The lowest BCUT2D eigenvalue weighted by atomic mass is 10.0. The zero-order valence-corrected chi connectivity index (χ0v) is 49.8. The highest BCUT2D eigenvalue weighted by Gasteiger charge is 1.95. The number of fused-ring (bicyclic) bond motifs is 1. The van der Waals surface area contributed by atoms with Crippen molar-refractivity contribution in [1.29, 1.82) is 0 Å². The fraction of sp³-hybridized carbons (Fsp3) is 0.714. The van der Waals surface area contributed by atoms with Crippen LogP contribution in [0.15, 0.2) is 72.8 Å². The van der Waals surface area contributed by atoms with E-state index in [0.29, 0.717) is 12.6 Å². The summed E-state index contributed by atoms with van der Waals surface area (Å²) in [4.78, 5) is 1.97. The van der Waals surface area contributed by atoms with Gasteiger partial charge < -0.3 is 0 Å². The van der Waals surface area contributed by atoms with Gasteiger partial charge >= 0.3 is 0 Å². The lowest BCUT2D eigenvalue weighted by molar-refractivity contribution is 0.469. The Morgan fingerprint density at radius 1 is 0.533 bits per heavy atom. The molecule has 0 amide bonds. The summed E-state index contributed by atoms with van der Waals surface area (Å²) in [5, 5.41) is 2.64. The van der Waals surface area contributed by atoms with E-state index in [2.05, 4.69) is 250 Å². The largest absolute Gasteiger partial charge is 0.255 e. The Bertz CT molecular complexity index is 949. The molecule has 0 saturated carbocycles. The molecule has 0 radical (unpaired) electrons. The van der Waals surface area contributed by atoms with E-state index in [0.717, 1.165) is 17.8 Å². The van der Waals surface area contributed by atoms with Crippen molar-refractivity contribution < 1.29 is 4.39 Å². The maximum Gasteiger partial charge on any atom is 0.0785 e. The topological polar surface area (TPSA) is 0 Å². The minimum absolute atomic E-state index is 0.